The van der Waals surface area contributed by atoms with Crippen molar-refractivity contribution < 1.29 is 9.90 Å². The van der Waals surface area contributed by atoms with Crippen molar-refractivity contribution in [3.8, 4) is 0 Å². The van der Waals surface area contributed by atoms with E-state index in [2.05, 4.69) is 21.9 Å². The average molecular weight is 324 g/mol. The van der Waals surface area contributed by atoms with Gasteiger partial charge in [0.15, 0.2) is 0 Å². The highest BCUT2D eigenvalue weighted by Crippen LogP contribution is 2.28. The van der Waals surface area contributed by atoms with Crippen LogP contribution in [0.1, 0.15) is 18.4 Å². The second-order valence-corrected chi connectivity index (χ2v) is 6.45. The summed E-state index contributed by atoms with van der Waals surface area (Å²) in [4.78, 5) is 17.2. The number of halogens is 1. The smallest absolute Gasteiger partial charge is 0.407 e. The van der Waals surface area contributed by atoms with E-state index in [1.165, 1.54) is 29.0 Å². The van der Waals surface area contributed by atoms with E-state index in [1.807, 2.05) is 6.07 Å². The van der Waals surface area contributed by atoms with Gasteiger partial charge in [0.1, 0.15) is 0 Å². The van der Waals surface area contributed by atoms with Gasteiger partial charge < -0.3 is 14.9 Å². The van der Waals surface area contributed by atoms with Crippen molar-refractivity contribution in [2.45, 2.75) is 19.4 Å². The predicted molar refractivity (Wildman–Crippen MR) is 87.8 cm³/mol. The number of piperazine rings is 1. The van der Waals surface area contributed by atoms with Crippen LogP contribution in [-0.2, 0) is 6.54 Å². The van der Waals surface area contributed by atoms with E-state index in [0.717, 1.165) is 37.7 Å². The number of carboxylic acid groups (broad SMARTS) is 1. The molecule has 1 N–H and O–H groups in total. The quantitative estimate of drug-likeness (QED) is 0.929. The Kier molecular flexibility index (Phi) is 4.74. The fraction of sp³-hybridized carbons (Fsp3) is 0.562. The molecule has 0 unspecified atom stereocenters. The summed E-state index contributed by atoms with van der Waals surface area (Å²) in [7, 11) is 0. The van der Waals surface area contributed by atoms with Gasteiger partial charge in [0.05, 0.1) is 0 Å². The van der Waals surface area contributed by atoms with E-state index in [4.69, 9.17) is 16.7 Å². The van der Waals surface area contributed by atoms with Crippen molar-refractivity contribution in [2.24, 2.45) is 0 Å². The molecule has 0 spiro atoms. The van der Waals surface area contributed by atoms with Gasteiger partial charge in [-0.25, -0.2) is 4.79 Å². The second kappa shape index (κ2) is 6.75. The van der Waals surface area contributed by atoms with E-state index in [0.29, 0.717) is 13.1 Å². The largest absolute Gasteiger partial charge is 0.465 e. The fourth-order valence-electron chi connectivity index (χ4n) is 3.29. The van der Waals surface area contributed by atoms with Crippen molar-refractivity contribution in [2.75, 3.05) is 44.2 Å². The van der Waals surface area contributed by atoms with Crippen LogP contribution in [0, 0.1) is 0 Å². The summed E-state index contributed by atoms with van der Waals surface area (Å²) in [6, 6.07) is 6.14. The fourth-order valence-corrected chi connectivity index (χ4v) is 3.48. The van der Waals surface area contributed by atoms with Crippen LogP contribution in [0.5, 0.6) is 0 Å². The Hall–Kier alpha value is -1.46. The Morgan fingerprint density at radius 2 is 1.77 bits per heavy atom. The average Bonchev–Trinajstić information content (AvgIpc) is 3.02. The molecule has 0 saturated carbocycles. The van der Waals surface area contributed by atoms with Crippen LogP contribution in [-0.4, -0.2) is 60.3 Å². The third kappa shape index (κ3) is 3.47. The monoisotopic (exact) mass is 323 g/mol. The van der Waals surface area contributed by atoms with Crippen LogP contribution in [0.4, 0.5) is 10.5 Å². The Morgan fingerprint density at radius 1 is 1.09 bits per heavy atom. The first kappa shape index (κ1) is 15.4. The van der Waals surface area contributed by atoms with Crippen molar-refractivity contribution in [1.82, 2.24) is 9.80 Å². The van der Waals surface area contributed by atoms with Crippen molar-refractivity contribution in [1.29, 1.82) is 0 Å². The van der Waals surface area contributed by atoms with E-state index >= 15 is 0 Å². The summed E-state index contributed by atoms with van der Waals surface area (Å²) < 4.78 is 0. The Labute approximate surface area is 136 Å². The molecular formula is C16H22ClN3O2. The van der Waals surface area contributed by atoms with Crippen LogP contribution >= 0.6 is 11.6 Å². The molecule has 2 heterocycles. The molecule has 2 aliphatic heterocycles. The molecule has 0 aliphatic carbocycles. The zero-order chi connectivity index (χ0) is 15.5. The molecule has 2 saturated heterocycles. The first-order valence-electron chi connectivity index (χ1n) is 7.87. The molecule has 0 bridgehead atoms. The number of hydrogen-bond donors (Lipinski definition) is 1. The standard InChI is InChI=1S/C16H22ClN3O2/c17-14-3-4-15(19-5-1-2-6-19)13(11-14)12-18-7-9-20(10-8-18)16(21)22/h3-4,11H,1-2,5-10,12H2,(H,21,22). The Balaban J connectivity index is 1.69. The van der Waals surface area contributed by atoms with Gasteiger partial charge in [-0.05, 0) is 36.6 Å². The maximum atomic E-state index is 11.0. The molecule has 1 aromatic rings. The van der Waals surface area contributed by atoms with Crippen LogP contribution in [0.15, 0.2) is 18.2 Å². The van der Waals surface area contributed by atoms with Crippen LogP contribution in [0.25, 0.3) is 0 Å². The lowest BCUT2D eigenvalue weighted by Gasteiger charge is -2.34. The summed E-state index contributed by atoms with van der Waals surface area (Å²) in [5.41, 5.74) is 2.53. The summed E-state index contributed by atoms with van der Waals surface area (Å²) in [5, 5.41) is 9.79. The lowest BCUT2D eigenvalue weighted by molar-refractivity contribution is 0.103. The number of benzene rings is 1. The molecule has 1 aromatic carbocycles. The molecule has 1 amide bonds. The lowest BCUT2D eigenvalue weighted by Crippen LogP contribution is -2.47. The number of anilines is 1. The summed E-state index contributed by atoms with van der Waals surface area (Å²) in [5.74, 6) is 0. The molecule has 5 nitrogen and oxygen atoms in total. The molecular weight excluding hydrogens is 302 g/mol. The third-order valence-electron chi connectivity index (χ3n) is 4.53. The minimum absolute atomic E-state index is 0.578. The Bertz CT molecular complexity index is 538. The van der Waals surface area contributed by atoms with Gasteiger partial charge in [-0.2, -0.15) is 0 Å². The normalized spacial score (nSPS) is 19.7. The van der Waals surface area contributed by atoms with Gasteiger partial charge in [0.25, 0.3) is 0 Å². The minimum Gasteiger partial charge on any atom is -0.465 e. The minimum atomic E-state index is -0.819. The number of hydrogen-bond acceptors (Lipinski definition) is 3. The molecule has 3 rings (SSSR count). The van der Waals surface area contributed by atoms with Crippen LogP contribution in [0.2, 0.25) is 5.02 Å². The number of nitrogens with zero attached hydrogens (tertiary/aromatic N) is 3. The third-order valence-corrected chi connectivity index (χ3v) is 4.76. The highest BCUT2D eigenvalue weighted by Gasteiger charge is 2.22. The number of amides is 1. The maximum Gasteiger partial charge on any atom is 0.407 e. The van der Waals surface area contributed by atoms with Gasteiger partial charge in [-0.3, -0.25) is 4.90 Å². The summed E-state index contributed by atoms with van der Waals surface area (Å²) >= 11 is 6.18. The van der Waals surface area contributed by atoms with Crippen molar-refractivity contribution >= 4 is 23.4 Å². The van der Waals surface area contributed by atoms with Crippen molar-refractivity contribution in [3.05, 3.63) is 28.8 Å². The number of rotatable bonds is 3. The topological polar surface area (TPSA) is 47.0 Å². The molecule has 0 radical (unpaired) electrons. The molecule has 0 atom stereocenters. The van der Waals surface area contributed by atoms with Gasteiger partial charge in [0, 0.05) is 56.5 Å². The van der Waals surface area contributed by atoms with Gasteiger partial charge in [-0.15, -0.1) is 0 Å². The number of carbonyl (C=O) groups is 1. The van der Waals surface area contributed by atoms with Crippen molar-refractivity contribution in [3.63, 3.8) is 0 Å². The zero-order valence-electron chi connectivity index (χ0n) is 12.7. The highest BCUT2D eigenvalue weighted by atomic mass is 35.5. The second-order valence-electron chi connectivity index (χ2n) is 6.01. The molecule has 22 heavy (non-hydrogen) atoms. The van der Waals surface area contributed by atoms with Crippen LogP contribution in [0.3, 0.4) is 0 Å². The molecule has 120 valence electrons. The van der Waals surface area contributed by atoms with Gasteiger partial charge in [0.2, 0.25) is 0 Å². The molecule has 2 fully saturated rings. The Morgan fingerprint density at radius 3 is 2.41 bits per heavy atom. The summed E-state index contributed by atoms with van der Waals surface area (Å²) in [6.45, 7) is 5.77. The first-order chi connectivity index (χ1) is 10.6. The molecule has 6 heteroatoms. The van der Waals surface area contributed by atoms with Gasteiger partial charge in [-0.1, -0.05) is 11.6 Å². The lowest BCUT2D eigenvalue weighted by atomic mass is 10.1. The maximum absolute atomic E-state index is 11.0. The predicted octanol–water partition coefficient (Wildman–Crippen LogP) is 2.74. The zero-order valence-corrected chi connectivity index (χ0v) is 13.4. The summed E-state index contributed by atoms with van der Waals surface area (Å²) in [6.07, 6.45) is 1.68. The molecule has 0 aromatic heterocycles. The highest BCUT2D eigenvalue weighted by molar-refractivity contribution is 6.30. The van der Waals surface area contributed by atoms with Gasteiger partial charge >= 0.3 is 6.09 Å². The van der Waals surface area contributed by atoms with E-state index < -0.39 is 6.09 Å². The SMILES string of the molecule is O=C(O)N1CCN(Cc2cc(Cl)ccc2N2CCCC2)CC1. The van der Waals surface area contributed by atoms with E-state index in [-0.39, 0.29) is 0 Å². The van der Waals surface area contributed by atoms with E-state index in [9.17, 15) is 4.79 Å². The van der Waals surface area contributed by atoms with Crippen LogP contribution < -0.4 is 4.90 Å². The van der Waals surface area contributed by atoms with E-state index in [1.54, 1.807) is 0 Å². The molecule has 2 aliphatic rings. The first-order valence-corrected chi connectivity index (χ1v) is 8.25.